The third-order valence-corrected chi connectivity index (χ3v) is 6.40. The van der Waals surface area contributed by atoms with E-state index < -0.39 is 6.10 Å². The molecule has 2 heterocycles. The first kappa shape index (κ1) is 16.4. The van der Waals surface area contributed by atoms with Gasteiger partial charge in [-0.15, -0.1) is 0 Å². The zero-order valence-corrected chi connectivity index (χ0v) is 15.2. The fourth-order valence-electron chi connectivity index (χ4n) is 3.62. The summed E-state index contributed by atoms with van der Waals surface area (Å²) in [6, 6.07) is 14.2. The second kappa shape index (κ2) is 6.70. The van der Waals surface area contributed by atoms with Gasteiger partial charge in [0.2, 0.25) is 0 Å². The van der Waals surface area contributed by atoms with E-state index in [-0.39, 0.29) is 6.04 Å². The Labute approximate surface area is 152 Å². The van der Waals surface area contributed by atoms with Gasteiger partial charge in [0, 0.05) is 41.0 Å². The molecule has 3 nitrogen and oxygen atoms in total. The maximum atomic E-state index is 11.2. The van der Waals surface area contributed by atoms with E-state index >= 15 is 0 Å². The number of hydrogen-bond acceptors (Lipinski definition) is 4. The number of benzene rings is 2. The highest BCUT2D eigenvalue weighted by atomic mass is 35.5. The molecular formula is C19H21ClN2OS. The first-order valence-electron chi connectivity index (χ1n) is 8.30. The van der Waals surface area contributed by atoms with Gasteiger partial charge < -0.3 is 10.0 Å². The van der Waals surface area contributed by atoms with Crippen LogP contribution in [-0.2, 0) is 0 Å². The number of halogens is 1. The minimum atomic E-state index is -0.545. The second-order valence-corrected chi connectivity index (χ2v) is 8.07. The molecule has 4 rings (SSSR count). The van der Waals surface area contributed by atoms with Crippen LogP contribution in [0.1, 0.15) is 23.3 Å². The number of aliphatic hydroxyl groups is 1. The van der Waals surface area contributed by atoms with Gasteiger partial charge in [-0.05, 0) is 42.4 Å². The molecule has 0 spiro atoms. The Balaban J connectivity index is 1.82. The van der Waals surface area contributed by atoms with Crippen molar-refractivity contribution in [2.45, 2.75) is 21.9 Å². The molecule has 2 aromatic carbocycles. The third kappa shape index (κ3) is 2.98. The van der Waals surface area contributed by atoms with Crippen LogP contribution in [0.15, 0.2) is 52.3 Å². The average molecular weight is 361 g/mol. The van der Waals surface area contributed by atoms with E-state index in [4.69, 9.17) is 11.6 Å². The van der Waals surface area contributed by atoms with Crippen LogP contribution in [0.3, 0.4) is 0 Å². The molecule has 0 amide bonds. The molecule has 0 saturated carbocycles. The molecule has 2 aliphatic rings. The number of nitrogens with zero attached hydrogens (tertiary/aromatic N) is 2. The lowest BCUT2D eigenvalue weighted by molar-refractivity contribution is 0.0195. The van der Waals surface area contributed by atoms with Crippen molar-refractivity contribution in [2.75, 3.05) is 33.2 Å². The summed E-state index contributed by atoms with van der Waals surface area (Å²) in [6.45, 7) is 3.95. The van der Waals surface area contributed by atoms with E-state index in [1.165, 1.54) is 4.90 Å². The van der Waals surface area contributed by atoms with Gasteiger partial charge in [-0.1, -0.05) is 41.6 Å². The zero-order chi connectivity index (χ0) is 16.7. The molecule has 5 heteroatoms. The molecule has 0 unspecified atom stereocenters. The molecule has 126 valence electrons. The quantitative estimate of drug-likeness (QED) is 0.836. The van der Waals surface area contributed by atoms with Crippen molar-refractivity contribution in [2.24, 2.45) is 0 Å². The Bertz CT molecular complexity index is 746. The van der Waals surface area contributed by atoms with Gasteiger partial charge in [0.25, 0.3) is 0 Å². The molecule has 0 aliphatic carbocycles. The van der Waals surface area contributed by atoms with E-state index in [1.807, 2.05) is 30.3 Å². The largest absolute Gasteiger partial charge is 0.386 e. The molecule has 1 fully saturated rings. The normalized spacial score (nSPS) is 25.0. The zero-order valence-electron chi connectivity index (χ0n) is 13.7. The minimum absolute atomic E-state index is 0.0523. The Morgan fingerprint density at radius 1 is 1.00 bits per heavy atom. The van der Waals surface area contributed by atoms with Crippen LogP contribution >= 0.6 is 23.4 Å². The lowest BCUT2D eigenvalue weighted by Gasteiger charge is -2.40. The van der Waals surface area contributed by atoms with Crippen molar-refractivity contribution in [3.8, 4) is 0 Å². The monoisotopic (exact) mass is 360 g/mol. The van der Waals surface area contributed by atoms with Gasteiger partial charge in [0.1, 0.15) is 0 Å². The lowest BCUT2D eigenvalue weighted by atomic mass is 9.94. The molecular weight excluding hydrogens is 340 g/mol. The van der Waals surface area contributed by atoms with Crippen molar-refractivity contribution < 1.29 is 5.11 Å². The van der Waals surface area contributed by atoms with Gasteiger partial charge in [-0.2, -0.15) is 0 Å². The van der Waals surface area contributed by atoms with Gasteiger partial charge in [0.15, 0.2) is 0 Å². The minimum Gasteiger partial charge on any atom is -0.386 e. The topological polar surface area (TPSA) is 26.7 Å². The Morgan fingerprint density at radius 2 is 1.71 bits per heavy atom. The number of piperazine rings is 1. The van der Waals surface area contributed by atoms with Gasteiger partial charge in [0.05, 0.1) is 12.1 Å². The number of fused-ring (bicyclic) bond motifs is 2. The van der Waals surface area contributed by atoms with Crippen LogP contribution in [-0.4, -0.2) is 48.1 Å². The summed E-state index contributed by atoms with van der Waals surface area (Å²) < 4.78 is 0. The molecule has 2 aliphatic heterocycles. The lowest BCUT2D eigenvalue weighted by Crippen LogP contribution is -2.47. The van der Waals surface area contributed by atoms with Crippen LogP contribution in [0.2, 0.25) is 5.02 Å². The smallest absolute Gasteiger partial charge is 0.0998 e. The second-order valence-electron chi connectivity index (χ2n) is 6.55. The number of rotatable bonds is 1. The van der Waals surface area contributed by atoms with Crippen LogP contribution in [0.4, 0.5) is 0 Å². The van der Waals surface area contributed by atoms with Crippen LogP contribution in [0.25, 0.3) is 0 Å². The van der Waals surface area contributed by atoms with Crippen molar-refractivity contribution in [3.05, 3.63) is 58.6 Å². The molecule has 0 radical (unpaired) electrons. The van der Waals surface area contributed by atoms with Crippen molar-refractivity contribution in [1.82, 2.24) is 9.80 Å². The number of likely N-dealkylation sites (N-methyl/N-ethyl adjacent to an activating group) is 1. The van der Waals surface area contributed by atoms with E-state index in [0.29, 0.717) is 0 Å². The fourth-order valence-corrected chi connectivity index (χ4v) is 4.92. The number of hydrogen-bond donors (Lipinski definition) is 1. The van der Waals surface area contributed by atoms with Crippen LogP contribution < -0.4 is 0 Å². The summed E-state index contributed by atoms with van der Waals surface area (Å²) in [5.41, 5.74) is 2.15. The Kier molecular flexibility index (Phi) is 4.58. The maximum absolute atomic E-state index is 11.2. The Morgan fingerprint density at radius 3 is 2.50 bits per heavy atom. The highest BCUT2D eigenvalue weighted by Crippen LogP contribution is 2.48. The van der Waals surface area contributed by atoms with Crippen LogP contribution in [0.5, 0.6) is 0 Å². The third-order valence-electron chi connectivity index (χ3n) is 4.98. The predicted molar refractivity (Wildman–Crippen MR) is 98.8 cm³/mol. The standard InChI is InChI=1S/C19H21ClN2OS/c1-21-8-10-22(11-9-21)18-15-12-13(20)6-7-17(15)24-16-5-3-2-4-14(16)19(18)23/h2-7,12,18-19,23H,8-11H2,1H3/t18-,19-/m0/s1. The van der Waals surface area contributed by atoms with E-state index in [2.05, 4.69) is 29.0 Å². The fraction of sp³-hybridized carbons (Fsp3) is 0.368. The summed E-state index contributed by atoms with van der Waals surface area (Å²) in [5, 5.41) is 12.0. The predicted octanol–water partition coefficient (Wildman–Crippen LogP) is 3.83. The highest BCUT2D eigenvalue weighted by molar-refractivity contribution is 7.99. The van der Waals surface area contributed by atoms with Gasteiger partial charge >= 0.3 is 0 Å². The van der Waals surface area contributed by atoms with Crippen molar-refractivity contribution in [3.63, 3.8) is 0 Å². The summed E-state index contributed by atoms with van der Waals surface area (Å²) >= 11 is 8.03. The SMILES string of the molecule is CN1CCN([C@H]2c3cc(Cl)ccc3Sc3ccccc3[C@@H]2O)CC1. The molecule has 0 bridgehead atoms. The van der Waals surface area contributed by atoms with Crippen molar-refractivity contribution >= 4 is 23.4 Å². The first-order chi connectivity index (χ1) is 11.6. The number of aliphatic hydroxyl groups excluding tert-OH is 1. The molecule has 24 heavy (non-hydrogen) atoms. The molecule has 2 atom stereocenters. The molecule has 0 aromatic heterocycles. The first-order valence-corrected chi connectivity index (χ1v) is 9.50. The van der Waals surface area contributed by atoms with E-state index in [0.717, 1.165) is 47.2 Å². The van der Waals surface area contributed by atoms with Crippen molar-refractivity contribution in [1.29, 1.82) is 0 Å². The van der Waals surface area contributed by atoms with Gasteiger partial charge in [-0.3, -0.25) is 4.90 Å². The van der Waals surface area contributed by atoms with E-state index in [1.54, 1.807) is 11.8 Å². The maximum Gasteiger partial charge on any atom is 0.0998 e. The summed E-state index contributed by atoms with van der Waals surface area (Å²) in [5.74, 6) is 0. The highest BCUT2D eigenvalue weighted by Gasteiger charge is 2.35. The molecule has 1 N–H and O–H groups in total. The average Bonchev–Trinajstić information content (AvgIpc) is 2.70. The molecule has 1 saturated heterocycles. The Hall–Kier alpha value is -1.04. The van der Waals surface area contributed by atoms with Gasteiger partial charge in [-0.25, -0.2) is 0 Å². The summed E-state index contributed by atoms with van der Waals surface area (Å²) in [7, 11) is 2.15. The van der Waals surface area contributed by atoms with E-state index in [9.17, 15) is 5.11 Å². The summed E-state index contributed by atoms with van der Waals surface area (Å²) in [6.07, 6.45) is -0.545. The molecule has 2 aromatic rings. The van der Waals surface area contributed by atoms with Crippen LogP contribution in [0, 0.1) is 0 Å². The summed E-state index contributed by atoms with van der Waals surface area (Å²) in [4.78, 5) is 7.06.